The number of piperidine rings is 1. The smallest absolute Gasteiger partial charge is 0.407 e. The molecule has 6 nitrogen and oxygen atoms in total. The average molecular weight is 263 g/mol. The second-order valence-corrected chi connectivity index (χ2v) is 6.54. The third-order valence-corrected chi connectivity index (χ3v) is 4.13. The minimum absolute atomic E-state index is 0.0411. The molecule has 1 amide bonds. The molecule has 0 aromatic rings. The molecule has 2 fully saturated rings. The standard InChI is InChI=1S/C10H17NO5S/c1-17(14,15)16-6-7-4-8-2-3-9(5-7)11(8)10(12)13/h7-9H,2-6H2,1H3,(H,12,13)/t7-,8+,9-. The lowest BCUT2D eigenvalue weighted by atomic mass is 9.92. The number of fused-ring (bicyclic) bond motifs is 2. The van der Waals surface area contributed by atoms with E-state index in [0.29, 0.717) is 12.8 Å². The molecule has 2 aliphatic rings. The Balaban J connectivity index is 1.93. The van der Waals surface area contributed by atoms with Crippen molar-refractivity contribution in [3.05, 3.63) is 0 Å². The number of nitrogens with zero attached hydrogens (tertiary/aromatic N) is 1. The lowest BCUT2D eigenvalue weighted by molar-refractivity contribution is 0.0722. The van der Waals surface area contributed by atoms with E-state index < -0.39 is 16.2 Å². The summed E-state index contributed by atoms with van der Waals surface area (Å²) in [6, 6.07) is 0.0822. The van der Waals surface area contributed by atoms with Crippen molar-refractivity contribution < 1.29 is 22.5 Å². The number of carbonyl (C=O) groups is 1. The third-order valence-electron chi connectivity index (χ3n) is 3.57. The first kappa shape index (κ1) is 12.6. The minimum atomic E-state index is -3.40. The van der Waals surface area contributed by atoms with Gasteiger partial charge >= 0.3 is 6.09 Å². The van der Waals surface area contributed by atoms with Gasteiger partial charge in [-0.25, -0.2) is 4.79 Å². The van der Waals surface area contributed by atoms with Crippen molar-refractivity contribution in [1.29, 1.82) is 0 Å². The molecule has 3 atom stereocenters. The molecule has 17 heavy (non-hydrogen) atoms. The van der Waals surface area contributed by atoms with Crippen LogP contribution in [0.2, 0.25) is 0 Å². The van der Waals surface area contributed by atoms with Gasteiger partial charge in [-0.15, -0.1) is 0 Å². The fourth-order valence-corrected chi connectivity index (χ4v) is 3.40. The van der Waals surface area contributed by atoms with E-state index in [0.717, 1.165) is 19.1 Å². The molecule has 2 aliphatic heterocycles. The number of amides is 1. The fourth-order valence-electron chi connectivity index (χ4n) is 2.96. The van der Waals surface area contributed by atoms with Crippen LogP contribution in [0, 0.1) is 5.92 Å². The molecule has 2 heterocycles. The first-order valence-corrected chi connectivity index (χ1v) is 7.54. The van der Waals surface area contributed by atoms with E-state index in [1.54, 1.807) is 0 Å². The van der Waals surface area contributed by atoms with Gasteiger partial charge in [-0.3, -0.25) is 4.18 Å². The number of carboxylic acid groups (broad SMARTS) is 1. The van der Waals surface area contributed by atoms with Crippen LogP contribution in [0.1, 0.15) is 25.7 Å². The van der Waals surface area contributed by atoms with E-state index in [2.05, 4.69) is 0 Å². The van der Waals surface area contributed by atoms with Crippen LogP contribution in [0.15, 0.2) is 0 Å². The highest BCUT2D eigenvalue weighted by atomic mass is 32.2. The Kier molecular flexibility index (Phi) is 3.31. The summed E-state index contributed by atoms with van der Waals surface area (Å²) in [5.74, 6) is 0.151. The van der Waals surface area contributed by atoms with Crippen LogP contribution < -0.4 is 0 Å². The van der Waals surface area contributed by atoms with Crippen LogP contribution in [0.4, 0.5) is 4.79 Å². The van der Waals surface area contributed by atoms with E-state index >= 15 is 0 Å². The van der Waals surface area contributed by atoms with E-state index in [1.807, 2.05) is 0 Å². The highest BCUT2D eigenvalue weighted by molar-refractivity contribution is 7.85. The number of hydrogen-bond donors (Lipinski definition) is 1. The van der Waals surface area contributed by atoms with Crippen LogP contribution in [0.25, 0.3) is 0 Å². The quantitative estimate of drug-likeness (QED) is 0.764. The molecule has 0 unspecified atom stereocenters. The Hall–Kier alpha value is -0.820. The summed E-state index contributed by atoms with van der Waals surface area (Å²) < 4.78 is 26.6. The van der Waals surface area contributed by atoms with Crippen LogP contribution in [-0.4, -0.2) is 49.5 Å². The van der Waals surface area contributed by atoms with Crippen molar-refractivity contribution in [3.8, 4) is 0 Å². The summed E-state index contributed by atoms with van der Waals surface area (Å²) in [4.78, 5) is 12.6. The van der Waals surface area contributed by atoms with Crippen molar-refractivity contribution in [1.82, 2.24) is 4.90 Å². The summed E-state index contributed by atoms with van der Waals surface area (Å²) in [5.41, 5.74) is 0. The normalized spacial score (nSPS) is 32.8. The summed E-state index contributed by atoms with van der Waals surface area (Å²) >= 11 is 0. The monoisotopic (exact) mass is 263 g/mol. The summed E-state index contributed by atoms with van der Waals surface area (Å²) in [5, 5.41) is 9.06. The lowest BCUT2D eigenvalue weighted by Crippen LogP contribution is -2.46. The van der Waals surface area contributed by atoms with Crippen molar-refractivity contribution in [2.45, 2.75) is 37.8 Å². The molecule has 0 spiro atoms. The third kappa shape index (κ3) is 2.90. The van der Waals surface area contributed by atoms with Crippen LogP contribution in [0.3, 0.4) is 0 Å². The predicted octanol–water partition coefficient (Wildman–Crippen LogP) is 0.884. The number of rotatable bonds is 3. The van der Waals surface area contributed by atoms with E-state index in [-0.39, 0.29) is 24.6 Å². The van der Waals surface area contributed by atoms with Crippen molar-refractivity contribution >= 4 is 16.2 Å². The highest BCUT2D eigenvalue weighted by Gasteiger charge is 2.43. The topological polar surface area (TPSA) is 83.9 Å². The maximum absolute atomic E-state index is 11.0. The van der Waals surface area contributed by atoms with Crippen LogP contribution >= 0.6 is 0 Å². The maximum atomic E-state index is 11.0. The zero-order valence-corrected chi connectivity index (χ0v) is 10.5. The summed E-state index contributed by atoms with van der Waals surface area (Å²) in [6.07, 6.45) is 3.35. The van der Waals surface area contributed by atoms with Gasteiger partial charge in [0, 0.05) is 12.1 Å². The molecule has 0 aliphatic carbocycles. The van der Waals surface area contributed by atoms with Gasteiger partial charge in [0.15, 0.2) is 0 Å². The lowest BCUT2D eigenvalue weighted by Gasteiger charge is -2.36. The number of hydrogen-bond acceptors (Lipinski definition) is 4. The SMILES string of the molecule is CS(=O)(=O)OC[C@H]1C[C@H]2CC[C@@H](C1)N2C(=O)O. The minimum Gasteiger partial charge on any atom is -0.465 e. The van der Waals surface area contributed by atoms with Gasteiger partial charge in [0.2, 0.25) is 0 Å². The van der Waals surface area contributed by atoms with E-state index in [1.165, 1.54) is 4.90 Å². The highest BCUT2D eigenvalue weighted by Crippen LogP contribution is 2.38. The molecule has 1 N–H and O–H groups in total. The molecule has 0 aromatic heterocycles. The second kappa shape index (κ2) is 4.45. The van der Waals surface area contributed by atoms with Crippen molar-refractivity contribution in [2.75, 3.05) is 12.9 Å². The van der Waals surface area contributed by atoms with E-state index in [4.69, 9.17) is 9.29 Å². The van der Waals surface area contributed by atoms with Crippen molar-refractivity contribution in [2.24, 2.45) is 5.92 Å². The predicted molar refractivity (Wildman–Crippen MR) is 60.2 cm³/mol. The Morgan fingerprint density at radius 3 is 2.29 bits per heavy atom. The van der Waals surface area contributed by atoms with Gasteiger partial charge in [0.1, 0.15) is 0 Å². The van der Waals surface area contributed by atoms with Gasteiger partial charge < -0.3 is 10.0 Å². The van der Waals surface area contributed by atoms with Gasteiger partial charge in [-0.1, -0.05) is 0 Å². The molecule has 0 saturated carbocycles. The Bertz CT molecular complexity index is 393. The Labute approximate surface area is 101 Å². The average Bonchev–Trinajstić information content (AvgIpc) is 2.47. The van der Waals surface area contributed by atoms with Crippen molar-refractivity contribution in [3.63, 3.8) is 0 Å². The van der Waals surface area contributed by atoms with Crippen LogP contribution in [0.5, 0.6) is 0 Å². The summed E-state index contributed by atoms with van der Waals surface area (Å²) in [7, 11) is -3.40. The fraction of sp³-hybridized carbons (Fsp3) is 0.900. The molecule has 0 aromatic carbocycles. The zero-order valence-electron chi connectivity index (χ0n) is 9.70. The van der Waals surface area contributed by atoms with Gasteiger partial charge in [-0.2, -0.15) is 8.42 Å². The first-order valence-electron chi connectivity index (χ1n) is 5.72. The largest absolute Gasteiger partial charge is 0.465 e. The van der Waals surface area contributed by atoms with Gasteiger partial charge in [0.25, 0.3) is 10.1 Å². The molecule has 98 valence electrons. The van der Waals surface area contributed by atoms with Gasteiger partial charge in [0.05, 0.1) is 12.9 Å². The Morgan fingerprint density at radius 1 is 1.35 bits per heavy atom. The molecule has 2 bridgehead atoms. The molecular formula is C10H17NO5S. The molecule has 2 rings (SSSR count). The Morgan fingerprint density at radius 2 is 1.88 bits per heavy atom. The zero-order chi connectivity index (χ0) is 12.6. The molecule has 0 radical (unpaired) electrons. The van der Waals surface area contributed by atoms with Crippen LogP contribution in [-0.2, 0) is 14.3 Å². The summed E-state index contributed by atoms with van der Waals surface area (Å²) in [6.45, 7) is 0.180. The first-order chi connectivity index (χ1) is 7.87. The second-order valence-electron chi connectivity index (χ2n) is 4.90. The maximum Gasteiger partial charge on any atom is 0.407 e. The van der Waals surface area contributed by atoms with Gasteiger partial charge in [-0.05, 0) is 31.6 Å². The van der Waals surface area contributed by atoms with E-state index in [9.17, 15) is 13.2 Å². The molecular weight excluding hydrogens is 246 g/mol. The molecule has 2 saturated heterocycles. The molecule has 7 heteroatoms.